The molecule has 1 saturated heterocycles. The van der Waals surface area contributed by atoms with Crippen LogP contribution >= 0.6 is 0 Å². The average Bonchev–Trinajstić information content (AvgIpc) is 2.38. The van der Waals surface area contributed by atoms with Gasteiger partial charge in [0.2, 0.25) is 0 Å². The van der Waals surface area contributed by atoms with Crippen LogP contribution in [-0.4, -0.2) is 61.7 Å². The molecule has 1 N–H and O–H groups in total. The van der Waals surface area contributed by atoms with E-state index < -0.39 is 0 Å². The highest BCUT2D eigenvalue weighted by atomic mass is 15.2. The topological polar surface area (TPSA) is 18.5 Å². The van der Waals surface area contributed by atoms with Crippen LogP contribution < -0.4 is 5.32 Å². The van der Waals surface area contributed by atoms with Gasteiger partial charge in [0, 0.05) is 25.2 Å². The predicted octanol–water partition coefficient (Wildman–Crippen LogP) is 1.40. The maximum absolute atomic E-state index is 3.58. The molecule has 1 heterocycles. The first-order valence-electron chi connectivity index (χ1n) is 6.79. The van der Waals surface area contributed by atoms with Gasteiger partial charge in [0.05, 0.1) is 0 Å². The van der Waals surface area contributed by atoms with Crippen LogP contribution in [0.15, 0.2) is 0 Å². The van der Waals surface area contributed by atoms with Crippen molar-refractivity contribution in [3.63, 3.8) is 0 Å². The monoisotopic (exact) mass is 227 g/mol. The summed E-state index contributed by atoms with van der Waals surface area (Å²) >= 11 is 0. The summed E-state index contributed by atoms with van der Waals surface area (Å²) in [5.41, 5.74) is 0. The smallest absolute Gasteiger partial charge is 0.0195 e. The van der Waals surface area contributed by atoms with E-state index in [0.29, 0.717) is 12.1 Å². The minimum atomic E-state index is 0.616. The maximum Gasteiger partial charge on any atom is 0.0195 e. The quantitative estimate of drug-likeness (QED) is 0.766. The molecule has 0 aromatic carbocycles. The van der Waals surface area contributed by atoms with Crippen LogP contribution in [0, 0.1) is 0 Å². The zero-order chi connectivity index (χ0) is 12.0. The molecule has 96 valence electrons. The molecule has 0 spiro atoms. The van der Waals surface area contributed by atoms with E-state index in [-0.39, 0.29) is 0 Å². The van der Waals surface area contributed by atoms with Crippen molar-refractivity contribution in [1.82, 2.24) is 15.1 Å². The van der Waals surface area contributed by atoms with Crippen molar-refractivity contribution in [2.75, 3.05) is 39.8 Å². The van der Waals surface area contributed by atoms with Crippen molar-refractivity contribution in [2.24, 2.45) is 0 Å². The number of hydrogen-bond acceptors (Lipinski definition) is 3. The Labute approximate surface area is 101 Å². The first-order valence-corrected chi connectivity index (χ1v) is 6.79. The van der Waals surface area contributed by atoms with E-state index in [2.05, 4.69) is 42.9 Å². The van der Waals surface area contributed by atoms with Gasteiger partial charge in [0.25, 0.3) is 0 Å². The van der Waals surface area contributed by atoms with Crippen molar-refractivity contribution in [2.45, 2.75) is 45.7 Å². The lowest BCUT2D eigenvalue weighted by atomic mass is 10.2. The molecule has 2 atom stereocenters. The Balaban J connectivity index is 2.33. The fourth-order valence-electron chi connectivity index (χ4n) is 2.50. The van der Waals surface area contributed by atoms with Crippen LogP contribution in [0.5, 0.6) is 0 Å². The molecule has 2 unspecified atom stereocenters. The zero-order valence-electron chi connectivity index (χ0n) is 11.5. The summed E-state index contributed by atoms with van der Waals surface area (Å²) in [7, 11) is 2.23. The van der Waals surface area contributed by atoms with Gasteiger partial charge in [-0.25, -0.2) is 0 Å². The minimum absolute atomic E-state index is 0.616. The first-order chi connectivity index (χ1) is 7.63. The second-order valence-electron chi connectivity index (χ2n) is 5.31. The van der Waals surface area contributed by atoms with Crippen molar-refractivity contribution in [3.05, 3.63) is 0 Å². The summed E-state index contributed by atoms with van der Waals surface area (Å²) in [6.45, 7) is 12.9. The molecule has 0 aromatic heterocycles. The average molecular weight is 227 g/mol. The van der Waals surface area contributed by atoms with Crippen LogP contribution in [0.1, 0.15) is 33.6 Å². The Morgan fingerprint density at radius 1 is 1.38 bits per heavy atom. The molecule has 1 aliphatic rings. The molecule has 1 fully saturated rings. The van der Waals surface area contributed by atoms with Crippen LogP contribution in [0.25, 0.3) is 0 Å². The highest BCUT2D eigenvalue weighted by Crippen LogP contribution is 2.08. The summed E-state index contributed by atoms with van der Waals surface area (Å²) in [5.74, 6) is 0. The predicted molar refractivity (Wildman–Crippen MR) is 70.9 cm³/mol. The highest BCUT2D eigenvalue weighted by molar-refractivity contribution is 4.78. The van der Waals surface area contributed by atoms with Gasteiger partial charge in [-0.2, -0.15) is 0 Å². The second-order valence-corrected chi connectivity index (χ2v) is 5.31. The van der Waals surface area contributed by atoms with Crippen LogP contribution in [-0.2, 0) is 0 Å². The number of hydrogen-bond donors (Lipinski definition) is 1. The normalized spacial score (nSPS) is 26.6. The number of nitrogens with one attached hydrogen (secondary N) is 1. The SMILES string of the molecule is CCCNC(C)CN1CCCN(C)CC1C. The van der Waals surface area contributed by atoms with Crippen LogP contribution in [0.3, 0.4) is 0 Å². The van der Waals surface area contributed by atoms with E-state index in [9.17, 15) is 0 Å². The summed E-state index contributed by atoms with van der Waals surface area (Å²) in [5, 5.41) is 3.58. The molecule has 0 aliphatic carbocycles. The fourth-order valence-corrected chi connectivity index (χ4v) is 2.50. The molecule has 0 bridgehead atoms. The largest absolute Gasteiger partial charge is 0.313 e. The Morgan fingerprint density at radius 3 is 2.81 bits per heavy atom. The molecule has 0 amide bonds. The van der Waals surface area contributed by atoms with Crippen LogP contribution in [0.4, 0.5) is 0 Å². The maximum atomic E-state index is 3.58. The number of likely N-dealkylation sites (N-methyl/N-ethyl adjacent to an activating group) is 1. The summed E-state index contributed by atoms with van der Waals surface area (Å²) in [6, 6.07) is 1.31. The molecule has 3 heteroatoms. The number of nitrogens with zero attached hydrogens (tertiary/aromatic N) is 2. The van der Waals surface area contributed by atoms with E-state index in [1.165, 1.54) is 39.0 Å². The van der Waals surface area contributed by atoms with E-state index in [1.54, 1.807) is 0 Å². The molecular weight excluding hydrogens is 198 g/mol. The van der Waals surface area contributed by atoms with Gasteiger partial charge in [0.15, 0.2) is 0 Å². The van der Waals surface area contributed by atoms with Gasteiger partial charge < -0.3 is 10.2 Å². The molecule has 0 aromatic rings. The molecule has 16 heavy (non-hydrogen) atoms. The lowest BCUT2D eigenvalue weighted by molar-refractivity contribution is 0.186. The van der Waals surface area contributed by atoms with Crippen molar-refractivity contribution in [3.8, 4) is 0 Å². The molecule has 0 radical (unpaired) electrons. The van der Waals surface area contributed by atoms with E-state index in [1.807, 2.05) is 0 Å². The molecule has 1 rings (SSSR count). The molecule has 1 aliphatic heterocycles. The Kier molecular flexibility index (Phi) is 6.32. The third-order valence-electron chi connectivity index (χ3n) is 3.44. The summed E-state index contributed by atoms with van der Waals surface area (Å²) in [6.07, 6.45) is 2.53. The Bertz CT molecular complexity index is 184. The third-order valence-corrected chi connectivity index (χ3v) is 3.44. The van der Waals surface area contributed by atoms with Gasteiger partial charge in [-0.3, -0.25) is 4.90 Å². The third kappa shape index (κ3) is 4.81. The van der Waals surface area contributed by atoms with Crippen LogP contribution in [0.2, 0.25) is 0 Å². The lowest BCUT2D eigenvalue weighted by Gasteiger charge is -2.30. The van der Waals surface area contributed by atoms with E-state index in [0.717, 1.165) is 6.54 Å². The minimum Gasteiger partial charge on any atom is -0.313 e. The van der Waals surface area contributed by atoms with E-state index >= 15 is 0 Å². The lowest BCUT2D eigenvalue weighted by Crippen LogP contribution is -2.45. The summed E-state index contributed by atoms with van der Waals surface area (Å²) < 4.78 is 0. The second kappa shape index (κ2) is 7.25. The van der Waals surface area contributed by atoms with Crippen molar-refractivity contribution in [1.29, 1.82) is 0 Å². The fraction of sp³-hybridized carbons (Fsp3) is 1.00. The number of rotatable bonds is 5. The van der Waals surface area contributed by atoms with Gasteiger partial charge in [0.1, 0.15) is 0 Å². The van der Waals surface area contributed by atoms with Gasteiger partial charge >= 0.3 is 0 Å². The zero-order valence-corrected chi connectivity index (χ0v) is 11.5. The molecule has 3 nitrogen and oxygen atoms in total. The van der Waals surface area contributed by atoms with Crippen molar-refractivity contribution >= 4 is 0 Å². The van der Waals surface area contributed by atoms with Gasteiger partial charge in [-0.05, 0) is 53.4 Å². The summed E-state index contributed by atoms with van der Waals surface area (Å²) in [4.78, 5) is 5.09. The van der Waals surface area contributed by atoms with E-state index in [4.69, 9.17) is 0 Å². The molecule has 0 saturated carbocycles. The van der Waals surface area contributed by atoms with Crippen molar-refractivity contribution < 1.29 is 0 Å². The Hall–Kier alpha value is -0.120. The van der Waals surface area contributed by atoms with Gasteiger partial charge in [-0.1, -0.05) is 6.92 Å². The highest BCUT2D eigenvalue weighted by Gasteiger charge is 2.20. The van der Waals surface area contributed by atoms with Gasteiger partial charge in [-0.15, -0.1) is 0 Å². The Morgan fingerprint density at radius 2 is 2.12 bits per heavy atom. The first kappa shape index (κ1) is 13.9. The molecular formula is C13H29N3. The standard InChI is InChI=1S/C13H29N3/c1-5-7-14-12(2)10-16-9-6-8-15(4)11-13(16)3/h12-14H,5-11H2,1-4H3.